The van der Waals surface area contributed by atoms with Crippen LogP contribution in [0.1, 0.15) is 31.2 Å². The largest absolute Gasteiger partial charge is 0.378 e. The van der Waals surface area contributed by atoms with Gasteiger partial charge in [0, 0.05) is 31.6 Å². The molecule has 3 saturated heterocycles. The fourth-order valence-corrected chi connectivity index (χ4v) is 4.92. The number of carbonyl (C=O) groups excluding carboxylic acids is 1. The molecule has 29 heavy (non-hydrogen) atoms. The molecule has 0 radical (unpaired) electrons. The molecule has 3 aliphatic rings. The van der Waals surface area contributed by atoms with Crippen molar-refractivity contribution < 1.29 is 9.53 Å². The van der Waals surface area contributed by atoms with Crippen LogP contribution in [-0.4, -0.2) is 85.7 Å². The summed E-state index contributed by atoms with van der Waals surface area (Å²) < 4.78 is 5.38. The van der Waals surface area contributed by atoms with E-state index in [1.807, 2.05) is 4.90 Å². The Balaban J connectivity index is 1.16. The highest BCUT2D eigenvalue weighted by Gasteiger charge is 2.32. The first-order valence-corrected chi connectivity index (χ1v) is 11.3. The SMILES string of the molecule is O=C(C1CCN(C2CCN(C/C=C/c3ccccc3)CC2)CC1)N1CCOCC1. The van der Waals surface area contributed by atoms with Crippen LogP contribution in [0.3, 0.4) is 0 Å². The van der Waals surface area contributed by atoms with Gasteiger partial charge < -0.3 is 14.5 Å². The molecule has 1 amide bonds. The highest BCUT2D eigenvalue weighted by molar-refractivity contribution is 5.79. The topological polar surface area (TPSA) is 36.0 Å². The maximum atomic E-state index is 12.7. The van der Waals surface area contributed by atoms with Crippen molar-refractivity contribution in [1.82, 2.24) is 14.7 Å². The summed E-state index contributed by atoms with van der Waals surface area (Å²) in [6, 6.07) is 11.2. The smallest absolute Gasteiger partial charge is 0.225 e. The van der Waals surface area contributed by atoms with Gasteiger partial charge in [-0.15, -0.1) is 0 Å². The zero-order chi connectivity index (χ0) is 19.9. The molecule has 0 bridgehead atoms. The summed E-state index contributed by atoms with van der Waals surface area (Å²) in [5, 5.41) is 0. The van der Waals surface area contributed by atoms with E-state index in [1.54, 1.807) is 0 Å². The minimum absolute atomic E-state index is 0.229. The van der Waals surface area contributed by atoms with E-state index in [0.29, 0.717) is 25.2 Å². The van der Waals surface area contributed by atoms with Crippen molar-refractivity contribution in [2.75, 3.05) is 59.0 Å². The van der Waals surface area contributed by atoms with Crippen molar-refractivity contribution in [3.05, 3.63) is 42.0 Å². The molecule has 0 spiro atoms. The minimum atomic E-state index is 0.229. The highest BCUT2D eigenvalue weighted by atomic mass is 16.5. The van der Waals surface area contributed by atoms with Gasteiger partial charge in [0.05, 0.1) is 13.2 Å². The molecule has 3 aliphatic heterocycles. The number of piperidine rings is 2. The van der Waals surface area contributed by atoms with Crippen molar-refractivity contribution in [3.8, 4) is 0 Å². The van der Waals surface area contributed by atoms with Crippen molar-refractivity contribution in [2.24, 2.45) is 5.92 Å². The molecular weight excluding hydrogens is 362 g/mol. The minimum Gasteiger partial charge on any atom is -0.378 e. The molecular formula is C24H35N3O2. The molecule has 0 aliphatic carbocycles. The molecule has 5 heteroatoms. The zero-order valence-corrected chi connectivity index (χ0v) is 17.5. The number of hydrogen-bond donors (Lipinski definition) is 0. The Morgan fingerprint density at radius 2 is 1.62 bits per heavy atom. The van der Waals surface area contributed by atoms with E-state index in [9.17, 15) is 4.79 Å². The predicted molar refractivity (Wildman–Crippen MR) is 117 cm³/mol. The van der Waals surface area contributed by atoms with Crippen molar-refractivity contribution in [3.63, 3.8) is 0 Å². The molecule has 3 fully saturated rings. The van der Waals surface area contributed by atoms with Gasteiger partial charge in [0.25, 0.3) is 0 Å². The summed E-state index contributed by atoms with van der Waals surface area (Å²) in [7, 11) is 0. The Hall–Kier alpha value is -1.69. The van der Waals surface area contributed by atoms with E-state index < -0.39 is 0 Å². The van der Waals surface area contributed by atoms with Crippen LogP contribution >= 0.6 is 0 Å². The molecule has 1 aromatic rings. The second-order valence-electron chi connectivity index (χ2n) is 8.59. The van der Waals surface area contributed by atoms with Crippen LogP contribution in [0, 0.1) is 5.92 Å². The first-order chi connectivity index (χ1) is 14.3. The van der Waals surface area contributed by atoms with Crippen LogP contribution < -0.4 is 0 Å². The lowest BCUT2D eigenvalue weighted by molar-refractivity contribution is -0.141. The number of ether oxygens (including phenoxy) is 1. The first-order valence-electron chi connectivity index (χ1n) is 11.3. The molecule has 4 rings (SSSR count). The van der Waals surface area contributed by atoms with Gasteiger partial charge in [0.1, 0.15) is 0 Å². The number of morpholine rings is 1. The Morgan fingerprint density at radius 1 is 0.931 bits per heavy atom. The van der Waals surface area contributed by atoms with Gasteiger partial charge in [0.2, 0.25) is 5.91 Å². The van der Waals surface area contributed by atoms with Crippen LogP contribution in [0.25, 0.3) is 6.08 Å². The van der Waals surface area contributed by atoms with E-state index in [1.165, 1.54) is 31.5 Å². The fraction of sp³-hybridized carbons (Fsp3) is 0.625. The first kappa shape index (κ1) is 20.6. The third-order valence-corrected chi connectivity index (χ3v) is 6.75. The van der Waals surface area contributed by atoms with E-state index in [0.717, 1.165) is 45.6 Å². The molecule has 0 aromatic heterocycles. The molecule has 3 heterocycles. The number of carbonyl (C=O) groups is 1. The van der Waals surface area contributed by atoms with Gasteiger partial charge in [-0.05, 0) is 57.4 Å². The normalized spacial score (nSPS) is 23.7. The van der Waals surface area contributed by atoms with Crippen molar-refractivity contribution in [1.29, 1.82) is 0 Å². The summed E-state index contributed by atoms with van der Waals surface area (Å²) in [6.45, 7) is 8.50. The average molecular weight is 398 g/mol. The molecule has 0 N–H and O–H groups in total. The second kappa shape index (κ2) is 10.4. The van der Waals surface area contributed by atoms with Gasteiger partial charge in [-0.1, -0.05) is 42.5 Å². The highest BCUT2D eigenvalue weighted by Crippen LogP contribution is 2.25. The van der Waals surface area contributed by atoms with Gasteiger partial charge in [-0.25, -0.2) is 0 Å². The van der Waals surface area contributed by atoms with E-state index in [4.69, 9.17) is 4.74 Å². The quantitative estimate of drug-likeness (QED) is 0.766. The Bertz CT molecular complexity index is 656. The monoisotopic (exact) mass is 397 g/mol. The van der Waals surface area contributed by atoms with Gasteiger partial charge in [-0.3, -0.25) is 9.69 Å². The lowest BCUT2D eigenvalue weighted by atomic mass is 9.92. The van der Waals surface area contributed by atoms with Crippen molar-refractivity contribution >= 4 is 12.0 Å². The summed E-state index contributed by atoms with van der Waals surface area (Å²) in [5.74, 6) is 0.598. The van der Waals surface area contributed by atoms with Gasteiger partial charge >= 0.3 is 0 Å². The number of likely N-dealkylation sites (tertiary alicyclic amines) is 2. The Morgan fingerprint density at radius 3 is 2.31 bits per heavy atom. The third-order valence-electron chi connectivity index (χ3n) is 6.75. The maximum Gasteiger partial charge on any atom is 0.225 e. The van der Waals surface area contributed by atoms with Gasteiger partial charge in [-0.2, -0.15) is 0 Å². The number of nitrogens with zero attached hydrogens (tertiary/aromatic N) is 3. The standard InChI is InChI=1S/C24H35N3O2/c28-24(27-17-19-29-20-18-27)22-8-15-26(16-9-22)23-10-13-25(14-11-23)12-4-7-21-5-2-1-3-6-21/h1-7,22-23H,8-20H2/b7-4+. The predicted octanol–water partition coefficient (Wildman–Crippen LogP) is 2.74. The molecule has 0 atom stereocenters. The second-order valence-corrected chi connectivity index (χ2v) is 8.59. The summed E-state index contributed by atoms with van der Waals surface area (Å²) in [5.41, 5.74) is 1.27. The van der Waals surface area contributed by atoms with E-state index in [2.05, 4.69) is 52.3 Å². The summed E-state index contributed by atoms with van der Waals surface area (Å²) in [4.78, 5) is 20.0. The molecule has 0 unspecified atom stereocenters. The van der Waals surface area contributed by atoms with Gasteiger partial charge in [0.15, 0.2) is 0 Å². The number of benzene rings is 1. The Labute approximate surface area is 175 Å². The molecule has 158 valence electrons. The Kier molecular flexibility index (Phi) is 7.36. The van der Waals surface area contributed by atoms with Crippen LogP contribution in [0.4, 0.5) is 0 Å². The molecule has 5 nitrogen and oxygen atoms in total. The maximum absolute atomic E-state index is 12.7. The average Bonchev–Trinajstić information content (AvgIpc) is 2.80. The van der Waals surface area contributed by atoms with Crippen LogP contribution in [0.15, 0.2) is 36.4 Å². The number of rotatable bonds is 5. The zero-order valence-electron chi connectivity index (χ0n) is 17.5. The lowest BCUT2D eigenvalue weighted by Crippen LogP contribution is -2.50. The third kappa shape index (κ3) is 5.68. The van der Waals surface area contributed by atoms with E-state index in [-0.39, 0.29) is 5.92 Å². The van der Waals surface area contributed by atoms with Crippen LogP contribution in [0.2, 0.25) is 0 Å². The number of hydrogen-bond acceptors (Lipinski definition) is 4. The summed E-state index contributed by atoms with van der Waals surface area (Å²) in [6.07, 6.45) is 9.07. The van der Waals surface area contributed by atoms with Crippen LogP contribution in [-0.2, 0) is 9.53 Å². The fourth-order valence-electron chi connectivity index (χ4n) is 4.92. The molecule has 0 saturated carbocycles. The van der Waals surface area contributed by atoms with Crippen LogP contribution in [0.5, 0.6) is 0 Å². The molecule has 1 aromatic carbocycles. The van der Waals surface area contributed by atoms with E-state index >= 15 is 0 Å². The number of amides is 1. The summed E-state index contributed by atoms with van der Waals surface area (Å²) >= 11 is 0. The lowest BCUT2D eigenvalue weighted by Gasteiger charge is -2.42. The van der Waals surface area contributed by atoms with Crippen molar-refractivity contribution in [2.45, 2.75) is 31.7 Å².